The molecule has 1 aliphatic carbocycles. The number of nitrogens with one attached hydrogen (secondary N) is 1. The van der Waals surface area contributed by atoms with Crippen molar-refractivity contribution in [2.75, 3.05) is 39.3 Å². The highest BCUT2D eigenvalue weighted by atomic mass is 16.4. The van der Waals surface area contributed by atoms with Crippen LogP contribution in [0.3, 0.4) is 0 Å². The van der Waals surface area contributed by atoms with Crippen molar-refractivity contribution in [3.05, 3.63) is 0 Å². The van der Waals surface area contributed by atoms with Crippen LogP contribution in [0, 0.1) is 5.92 Å². The Balaban J connectivity index is 1.29. The summed E-state index contributed by atoms with van der Waals surface area (Å²) in [6.45, 7) is 5.60. The van der Waals surface area contributed by atoms with Crippen molar-refractivity contribution in [1.29, 1.82) is 0 Å². The highest BCUT2D eigenvalue weighted by molar-refractivity contribution is 5.69. The first kappa shape index (κ1) is 17.2. The van der Waals surface area contributed by atoms with Gasteiger partial charge in [0.15, 0.2) is 0 Å². The number of likely N-dealkylation sites (tertiary alicyclic amines) is 1. The molecule has 0 aromatic carbocycles. The lowest BCUT2D eigenvalue weighted by Crippen LogP contribution is -2.52. The minimum atomic E-state index is -0.695. The van der Waals surface area contributed by atoms with Gasteiger partial charge in [-0.05, 0) is 51.1 Å². The molecule has 0 aromatic rings. The summed E-state index contributed by atoms with van der Waals surface area (Å²) in [7, 11) is 0. The summed E-state index contributed by atoms with van der Waals surface area (Å²) >= 11 is 0. The Bertz CT molecular complexity index is 378. The molecule has 2 N–H and O–H groups in total. The van der Waals surface area contributed by atoms with Crippen molar-refractivity contribution in [1.82, 2.24) is 15.1 Å². The topological polar surface area (TPSA) is 55.8 Å². The summed E-state index contributed by atoms with van der Waals surface area (Å²) < 4.78 is 0. The minimum Gasteiger partial charge on any atom is -0.480 e. The number of carbonyl (C=O) groups is 1. The van der Waals surface area contributed by atoms with Gasteiger partial charge in [-0.1, -0.05) is 19.3 Å². The van der Waals surface area contributed by atoms with Crippen molar-refractivity contribution in [2.45, 2.75) is 63.5 Å². The Morgan fingerprint density at radius 2 is 1.78 bits per heavy atom. The van der Waals surface area contributed by atoms with Gasteiger partial charge in [-0.25, -0.2) is 0 Å². The second-order valence-corrected chi connectivity index (χ2v) is 7.72. The van der Waals surface area contributed by atoms with Gasteiger partial charge in [0.2, 0.25) is 0 Å². The molecule has 3 aliphatic rings. The fraction of sp³-hybridized carbons (Fsp3) is 0.944. The third-order valence-electron chi connectivity index (χ3n) is 5.92. The zero-order valence-electron chi connectivity index (χ0n) is 14.4. The molecule has 132 valence electrons. The number of rotatable bonds is 8. The zero-order chi connectivity index (χ0) is 16.1. The van der Waals surface area contributed by atoms with Crippen LogP contribution in [0.25, 0.3) is 0 Å². The van der Waals surface area contributed by atoms with Crippen LogP contribution in [0.4, 0.5) is 0 Å². The number of piperazine rings is 1. The Morgan fingerprint density at radius 1 is 1.04 bits per heavy atom. The molecular formula is C18H33N3O2. The SMILES string of the molecule is O=C(O)CN1CCNCC1CCCCC1CCN(C2CC2)CC1. The van der Waals surface area contributed by atoms with E-state index in [9.17, 15) is 4.79 Å². The molecule has 3 fully saturated rings. The van der Waals surface area contributed by atoms with E-state index in [1.807, 2.05) is 0 Å². The van der Waals surface area contributed by atoms with Crippen LogP contribution >= 0.6 is 0 Å². The van der Waals surface area contributed by atoms with Crippen molar-refractivity contribution >= 4 is 5.97 Å². The van der Waals surface area contributed by atoms with Crippen LogP contribution in [-0.2, 0) is 4.79 Å². The molecule has 1 unspecified atom stereocenters. The predicted molar refractivity (Wildman–Crippen MR) is 91.7 cm³/mol. The van der Waals surface area contributed by atoms with Gasteiger partial charge in [0.25, 0.3) is 0 Å². The van der Waals surface area contributed by atoms with E-state index in [1.165, 1.54) is 58.0 Å². The fourth-order valence-electron chi connectivity index (χ4n) is 4.33. The Morgan fingerprint density at radius 3 is 2.48 bits per heavy atom. The molecule has 0 bridgehead atoms. The largest absolute Gasteiger partial charge is 0.480 e. The van der Waals surface area contributed by atoms with Gasteiger partial charge in [0, 0.05) is 31.7 Å². The van der Waals surface area contributed by atoms with E-state index in [2.05, 4.69) is 15.1 Å². The smallest absolute Gasteiger partial charge is 0.317 e. The summed E-state index contributed by atoms with van der Waals surface area (Å²) in [5, 5.41) is 12.4. The molecule has 0 aromatic heterocycles. The van der Waals surface area contributed by atoms with E-state index in [1.54, 1.807) is 0 Å². The number of hydrogen-bond acceptors (Lipinski definition) is 4. The van der Waals surface area contributed by atoms with Crippen LogP contribution < -0.4 is 5.32 Å². The van der Waals surface area contributed by atoms with E-state index >= 15 is 0 Å². The highest BCUT2D eigenvalue weighted by Crippen LogP contribution is 2.32. The molecule has 0 spiro atoms. The van der Waals surface area contributed by atoms with Crippen molar-refractivity contribution in [3.8, 4) is 0 Å². The number of piperidine rings is 1. The maximum absolute atomic E-state index is 11.0. The Kier molecular flexibility index (Phi) is 6.31. The summed E-state index contributed by atoms with van der Waals surface area (Å²) in [5.74, 6) is 0.240. The zero-order valence-corrected chi connectivity index (χ0v) is 14.4. The third-order valence-corrected chi connectivity index (χ3v) is 5.92. The first-order chi connectivity index (χ1) is 11.2. The molecule has 2 aliphatic heterocycles. The van der Waals surface area contributed by atoms with E-state index in [-0.39, 0.29) is 6.54 Å². The molecule has 2 saturated heterocycles. The van der Waals surface area contributed by atoms with Crippen LogP contribution in [0.15, 0.2) is 0 Å². The summed E-state index contributed by atoms with van der Waals surface area (Å²) in [6, 6.07) is 1.35. The maximum Gasteiger partial charge on any atom is 0.317 e. The molecule has 5 nitrogen and oxygen atoms in total. The fourth-order valence-corrected chi connectivity index (χ4v) is 4.33. The monoisotopic (exact) mass is 323 g/mol. The molecule has 23 heavy (non-hydrogen) atoms. The maximum atomic E-state index is 11.0. The highest BCUT2D eigenvalue weighted by Gasteiger charge is 2.31. The van der Waals surface area contributed by atoms with Crippen LogP contribution in [0.2, 0.25) is 0 Å². The first-order valence-electron chi connectivity index (χ1n) is 9.63. The number of carboxylic acid groups (broad SMARTS) is 1. The van der Waals surface area contributed by atoms with E-state index < -0.39 is 5.97 Å². The van der Waals surface area contributed by atoms with Crippen molar-refractivity contribution < 1.29 is 9.90 Å². The van der Waals surface area contributed by atoms with Gasteiger partial charge in [-0.3, -0.25) is 9.69 Å². The van der Waals surface area contributed by atoms with Crippen molar-refractivity contribution in [2.24, 2.45) is 5.92 Å². The number of unbranched alkanes of at least 4 members (excludes halogenated alkanes) is 1. The van der Waals surface area contributed by atoms with Crippen LogP contribution in [0.1, 0.15) is 51.4 Å². The van der Waals surface area contributed by atoms with Gasteiger partial charge < -0.3 is 15.3 Å². The van der Waals surface area contributed by atoms with Gasteiger partial charge in [0.05, 0.1) is 6.54 Å². The lowest BCUT2D eigenvalue weighted by Gasteiger charge is -2.35. The average Bonchev–Trinajstić information content (AvgIpc) is 3.38. The molecule has 0 radical (unpaired) electrons. The van der Waals surface area contributed by atoms with E-state index in [4.69, 9.17) is 5.11 Å². The molecular weight excluding hydrogens is 290 g/mol. The third kappa shape index (κ3) is 5.44. The van der Waals surface area contributed by atoms with Crippen LogP contribution in [-0.4, -0.2) is 72.2 Å². The average molecular weight is 323 g/mol. The van der Waals surface area contributed by atoms with Crippen LogP contribution in [0.5, 0.6) is 0 Å². The Labute approximate surface area is 140 Å². The van der Waals surface area contributed by atoms with Gasteiger partial charge in [-0.15, -0.1) is 0 Å². The molecule has 1 atom stereocenters. The number of aliphatic carboxylic acids is 1. The second kappa shape index (κ2) is 8.45. The quantitative estimate of drug-likeness (QED) is 0.667. The number of nitrogens with zero attached hydrogens (tertiary/aromatic N) is 2. The molecule has 1 saturated carbocycles. The second-order valence-electron chi connectivity index (χ2n) is 7.72. The summed E-state index contributed by atoms with van der Waals surface area (Å²) in [6.07, 6.45) is 10.7. The lowest BCUT2D eigenvalue weighted by atomic mass is 9.90. The number of carboxylic acids is 1. The van der Waals surface area contributed by atoms with Gasteiger partial charge >= 0.3 is 5.97 Å². The molecule has 3 rings (SSSR count). The van der Waals surface area contributed by atoms with Crippen molar-refractivity contribution in [3.63, 3.8) is 0 Å². The molecule has 2 heterocycles. The minimum absolute atomic E-state index is 0.200. The number of hydrogen-bond donors (Lipinski definition) is 2. The summed E-state index contributed by atoms with van der Waals surface area (Å²) in [5.41, 5.74) is 0. The Hall–Kier alpha value is -0.650. The predicted octanol–water partition coefficient (Wildman–Crippen LogP) is 1.78. The van der Waals surface area contributed by atoms with E-state index in [0.717, 1.165) is 38.0 Å². The normalized spacial score (nSPS) is 28.1. The first-order valence-corrected chi connectivity index (χ1v) is 9.63. The lowest BCUT2D eigenvalue weighted by molar-refractivity contribution is -0.139. The van der Waals surface area contributed by atoms with E-state index in [0.29, 0.717) is 6.04 Å². The molecule has 0 amide bonds. The summed E-state index contributed by atoms with van der Waals surface area (Å²) in [4.78, 5) is 15.8. The van der Waals surface area contributed by atoms with Gasteiger partial charge in [0.1, 0.15) is 0 Å². The molecule has 5 heteroatoms. The van der Waals surface area contributed by atoms with Gasteiger partial charge in [-0.2, -0.15) is 0 Å². The standard InChI is InChI=1S/C18H33N3O2/c22-18(23)14-21-12-9-19-13-17(21)4-2-1-3-15-7-10-20(11-8-15)16-5-6-16/h15-17,19H,1-14H2,(H,22,23).